The second kappa shape index (κ2) is 7.07. The van der Waals surface area contributed by atoms with Crippen LogP contribution in [0.2, 0.25) is 0 Å². The molecule has 0 unspecified atom stereocenters. The summed E-state index contributed by atoms with van der Waals surface area (Å²) in [5.74, 6) is 1.35. The maximum atomic E-state index is 5.44. The molecule has 5 heteroatoms. The van der Waals surface area contributed by atoms with Crippen molar-refractivity contribution >= 4 is 5.69 Å². The molecule has 0 aliphatic carbocycles. The van der Waals surface area contributed by atoms with E-state index in [1.165, 1.54) is 11.3 Å². The van der Waals surface area contributed by atoms with Gasteiger partial charge in [0.2, 0.25) is 0 Å². The summed E-state index contributed by atoms with van der Waals surface area (Å²) in [6.07, 6.45) is 2.24. The van der Waals surface area contributed by atoms with Crippen LogP contribution in [-0.2, 0) is 6.54 Å². The average molecular weight is 334 g/mol. The number of benzene rings is 2. The summed E-state index contributed by atoms with van der Waals surface area (Å²) in [4.78, 5) is 6.78. The van der Waals surface area contributed by atoms with Crippen LogP contribution in [0.3, 0.4) is 0 Å². The highest BCUT2D eigenvalue weighted by atomic mass is 16.5. The fraction of sp³-hybridized carbons (Fsp3) is 0.300. The zero-order valence-electron chi connectivity index (χ0n) is 14.4. The number of para-hydroxylation sites is 1. The van der Waals surface area contributed by atoms with E-state index in [1.54, 1.807) is 0 Å². The number of aromatic nitrogens is 2. The molecule has 1 atom stereocenters. The summed E-state index contributed by atoms with van der Waals surface area (Å²) < 4.78 is 5.44. The van der Waals surface area contributed by atoms with E-state index >= 15 is 0 Å². The van der Waals surface area contributed by atoms with Crippen molar-refractivity contribution in [3.05, 3.63) is 66.0 Å². The second-order valence-corrected chi connectivity index (χ2v) is 6.50. The van der Waals surface area contributed by atoms with E-state index < -0.39 is 0 Å². The van der Waals surface area contributed by atoms with Gasteiger partial charge in [-0.05, 0) is 49.2 Å². The van der Waals surface area contributed by atoms with Crippen molar-refractivity contribution in [3.63, 3.8) is 0 Å². The average Bonchev–Trinajstić information content (AvgIpc) is 3.35. The zero-order valence-corrected chi connectivity index (χ0v) is 14.4. The molecule has 0 spiro atoms. The van der Waals surface area contributed by atoms with Gasteiger partial charge in [-0.15, -0.1) is 0 Å². The lowest BCUT2D eigenvalue weighted by Gasteiger charge is -2.19. The Morgan fingerprint density at radius 2 is 1.92 bits per heavy atom. The van der Waals surface area contributed by atoms with Gasteiger partial charge in [-0.25, -0.2) is 0 Å². The molecule has 25 heavy (non-hydrogen) atoms. The predicted octanol–water partition coefficient (Wildman–Crippen LogP) is 3.80. The van der Waals surface area contributed by atoms with Crippen LogP contribution in [0.4, 0.5) is 5.69 Å². The summed E-state index contributed by atoms with van der Waals surface area (Å²) in [5, 5.41) is 7.52. The lowest BCUT2D eigenvalue weighted by atomic mass is 10.1. The Morgan fingerprint density at radius 1 is 1.12 bits per heavy atom. The Labute approximate surface area is 147 Å². The number of hydrogen-bond donors (Lipinski definition) is 1. The van der Waals surface area contributed by atoms with Crippen molar-refractivity contribution in [2.45, 2.75) is 25.4 Å². The first-order chi connectivity index (χ1) is 12.3. The highest BCUT2D eigenvalue weighted by Crippen LogP contribution is 2.24. The number of nitrogens with one attached hydrogen (secondary N) is 1. The van der Waals surface area contributed by atoms with E-state index in [0.717, 1.165) is 37.3 Å². The Kier molecular flexibility index (Phi) is 4.48. The third-order valence-corrected chi connectivity index (χ3v) is 4.63. The molecule has 1 aliphatic heterocycles. The van der Waals surface area contributed by atoms with Gasteiger partial charge in [0.25, 0.3) is 5.89 Å². The highest BCUT2D eigenvalue weighted by molar-refractivity contribution is 5.54. The molecule has 0 saturated carbocycles. The summed E-state index contributed by atoms with van der Waals surface area (Å²) in [5.41, 5.74) is 3.41. The Bertz CT molecular complexity index is 807. The first-order valence-electron chi connectivity index (χ1n) is 8.72. The van der Waals surface area contributed by atoms with E-state index in [9.17, 15) is 0 Å². The number of hydrogen-bond acceptors (Lipinski definition) is 5. The molecule has 1 N–H and O–H groups in total. The van der Waals surface area contributed by atoms with Gasteiger partial charge in [0.05, 0.1) is 6.04 Å². The SMILES string of the molecule is CN(Cc1ccc(-c2nc([C@@H]3CCCN3)no2)cc1)c1ccccc1. The van der Waals surface area contributed by atoms with Crippen LogP contribution >= 0.6 is 0 Å². The van der Waals surface area contributed by atoms with E-state index in [4.69, 9.17) is 4.52 Å². The first-order valence-corrected chi connectivity index (χ1v) is 8.72. The molecule has 2 heterocycles. The third-order valence-electron chi connectivity index (χ3n) is 4.63. The van der Waals surface area contributed by atoms with Gasteiger partial charge < -0.3 is 14.7 Å². The van der Waals surface area contributed by atoms with Crippen LogP contribution in [0.15, 0.2) is 59.1 Å². The van der Waals surface area contributed by atoms with Gasteiger partial charge in [0.1, 0.15) is 0 Å². The monoisotopic (exact) mass is 334 g/mol. The molecule has 3 aromatic rings. The minimum atomic E-state index is 0.233. The molecule has 1 fully saturated rings. The van der Waals surface area contributed by atoms with Crippen LogP contribution < -0.4 is 10.2 Å². The van der Waals surface area contributed by atoms with Crippen molar-refractivity contribution in [2.24, 2.45) is 0 Å². The van der Waals surface area contributed by atoms with Crippen LogP contribution in [0.1, 0.15) is 30.3 Å². The van der Waals surface area contributed by atoms with Crippen molar-refractivity contribution in [2.75, 3.05) is 18.5 Å². The molecule has 0 radical (unpaired) electrons. The number of anilines is 1. The molecule has 2 aromatic carbocycles. The van der Waals surface area contributed by atoms with Crippen LogP contribution in [0, 0.1) is 0 Å². The largest absolute Gasteiger partial charge is 0.370 e. The predicted molar refractivity (Wildman–Crippen MR) is 98.3 cm³/mol. The van der Waals surface area contributed by atoms with E-state index in [-0.39, 0.29) is 6.04 Å². The zero-order chi connectivity index (χ0) is 17.1. The van der Waals surface area contributed by atoms with Gasteiger partial charge in [-0.3, -0.25) is 0 Å². The lowest BCUT2D eigenvalue weighted by Crippen LogP contribution is -2.15. The quantitative estimate of drug-likeness (QED) is 0.769. The van der Waals surface area contributed by atoms with Gasteiger partial charge in [-0.2, -0.15) is 4.98 Å². The van der Waals surface area contributed by atoms with Gasteiger partial charge in [0, 0.05) is 24.8 Å². The Balaban J connectivity index is 1.45. The summed E-state index contributed by atoms with van der Waals surface area (Å²) in [7, 11) is 2.10. The van der Waals surface area contributed by atoms with E-state index in [0.29, 0.717) is 5.89 Å². The molecule has 0 amide bonds. The standard InChI is InChI=1S/C20H22N4O/c1-24(17-6-3-2-4-7-17)14-15-9-11-16(12-10-15)20-22-19(23-25-20)18-8-5-13-21-18/h2-4,6-7,9-12,18,21H,5,8,13-14H2,1H3/t18-/m0/s1. The molecule has 1 aliphatic rings. The second-order valence-electron chi connectivity index (χ2n) is 6.50. The summed E-state index contributed by atoms with van der Waals surface area (Å²) >= 11 is 0. The topological polar surface area (TPSA) is 54.2 Å². The minimum Gasteiger partial charge on any atom is -0.370 e. The van der Waals surface area contributed by atoms with Crippen LogP contribution in [0.25, 0.3) is 11.5 Å². The van der Waals surface area contributed by atoms with E-state index in [2.05, 4.69) is 63.8 Å². The van der Waals surface area contributed by atoms with Gasteiger partial charge >= 0.3 is 0 Å². The highest BCUT2D eigenvalue weighted by Gasteiger charge is 2.22. The molecular weight excluding hydrogens is 312 g/mol. The number of nitrogens with zero attached hydrogens (tertiary/aromatic N) is 3. The normalized spacial score (nSPS) is 16.9. The molecular formula is C20H22N4O. The number of rotatable bonds is 5. The summed E-state index contributed by atoms with van der Waals surface area (Å²) in [6, 6.07) is 18.9. The first kappa shape index (κ1) is 15.8. The Hall–Kier alpha value is -2.66. The maximum absolute atomic E-state index is 5.44. The molecule has 1 saturated heterocycles. The van der Waals surface area contributed by atoms with E-state index in [1.807, 2.05) is 18.2 Å². The fourth-order valence-electron chi connectivity index (χ4n) is 3.20. The van der Waals surface area contributed by atoms with Gasteiger partial charge in [0.15, 0.2) is 5.82 Å². The molecule has 5 nitrogen and oxygen atoms in total. The fourth-order valence-corrected chi connectivity index (χ4v) is 3.20. The maximum Gasteiger partial charge on any atom is 0.257 e. The minimum absolute atomic E-state index is 0.233. The van der Waals surface area contributed by atoms with Crippen molar-refractivity contribution in [1.29, 1.82) is 0 Å². The third kappa shape index (κ3) is 3.56. The molecule has 128 valence electrons. The summed E-state index contributed by atoms with van der Waals surface area (Å²) in [6.45, 7) is 1.88. The molecule has 0 bridgehead atoms. The van der Waals surface area contributed by atoms with Crippen molar-refractivity contribution < 1.29 is 4.52 Å². The van der Waals surface area contributed by atoms with Crippen LogP contribution in [-0.4, -0.2) is 23.7 Å². The smallest absolute Gasteiger partial charge is 0.257 e. The van der Waals surface area contributed by atoms with Crippen molar-refractivity contribution in [3.8, 4) is 11.5 Å². The lowest BCUT2D eigenvalue weighted by molar-refractivity contribution is 0.412. The van der Waals surface area contributed by atoms with Crippen molar-refractivity contribution in [1.82, 2.24) is 15.5 Å². The molecule has 1 aromatic heterocycles. The molecule has 4 rings (SSSR count). The van der Waals surface area contributed by atoms with Gasteiger partial charge in [-0.1, -0.05) is 35.5 Å². The Morgan fingerprint density at radius 3 is 2.64 bits per heavy atom. The van der Waals surface area contributed by atoms with Crippen LogP contribution in [0.5, 0.6) is 0 Å².